The first kappa shape index (κ1) is 15.1. The van der Waals surface area contributed by atoms with Gasteiger partial charge in [-0.05, 0) is 30.2 Å². The number of carbonyl (C=O) groups excluding carboxylic acids is 1. The maximum absolute atomic E-state index is 11.8. The molecule has 0 spiro atoms. The van der Waals surface area contributed by atoms with Crippen molar-refractivity contribution in [1.82, 2.24) is 5.32 Å². The lowest BCUT2D eigenvalue weighted by Gasteiger charge is -2.44. The van der Waals surface area contributed by atoms with Crippen LogP contribution in [0.2, 0.25) is 0 Å². The van der Waals surface area contributed by atoms with E-state index in [2.05, 4.69) is 12.2 Å². The quantitative estimate of drug-likeness (QED) is 0.792. The van der Waals surface area contributed by atoms with Gasteiger partial charge in [0.25, 0.3) is 0 Å². The van der Waals surface area contributed by atoms with Crippen molar-refractivity contribution in [3.8, 4) is 0 Å². The number of hydrogen-bond donors (Lipinski definition) is 2. The lowest BCUT2D eigenvalue weighted by molar-refractivity contribution is -0.118. The minimum atomic E-state index is -0.725. The summed E-state index contributed by atoms with van der Waals surface area (Å²) in [5.74, 6) is 0.837. The lowest BCUT2D eigenvalue weighted by atomic mass is 9.79. The van der Waals surface area contributed by atoms with Gasteiger partial charge in [0.1, 0.15) is 0 Å². The van der Waals surface area contributed by atoms with Crippen molar-refractivity contribution in [3.05, 3.63) is 42.0 Å². The Morgan fingerprint density at radius 1 is 1.50 bits per heavy atom. The van der Waals surface area contributed by atoms with E-state index < -0.39 is 5.60 Å². The molecule has 20 heavy (non-hydrogen) atoms. The third kappa shape index (κ3) is 3.87. The van der Waals surface area contributed by atoms with Gasteiger partial charge in [-0.2, -0.15) is 11.8 Å². The molecule has 1 aliphatic rings. The largest absolute Gasteiger partial charge is 0.387 e. The molecule has 0 aliphatic heterocycles. The zero-order chi connectivity index (χ0) is 14.4. The van der Waals surface area contributed by atoms with E-state index in [-0.39, 0.29) is 11.2 Å². The van der Waals surface area contributed by atoms with Gasteiger partial charge in [-0.25, -0.2) is 0 Å². The molecule has 2 atom stereocenters. The molecule has 0 radical (unpaired) electrons. The van der Waals surface area contributed by atoms with Crippen LogP contribution >= 0.6 is 11.8 Å². The predicted molar refractivity (Wildman–Crippen MR) is 84.6 cm³/mol. The van der Waals surface area contributed by atoms with E-state index in [0.717, 1.165) is 24.2 Å². The molecular weight excluding hydrogens is 270 g/mol. The number of thioether (sulfide) groups is 1. The average molecular weight is 291 g/mol. The number of aliphatic hydroxyl groups is 1. The smallest absolute Gasteiger partial charge is 0.244 e. The van der Waals surface area contributed by atoms with Gasteiger partial charge in [0, 0.05) is 17.9 Å². The summed E-state index contributed by atoms with van der Waals surface area (Å²) in [6.07, 6.45) is 5.09. The predicted octanol–water partition coefficient (Wildman–Crippen LogP) is 2.46. The number of rotatable bonds is 6. The van der Waals surface area contributed by atoms with Gasteiger partial charge in [0.05, 0.1) is 5.60 Å². The van der Waals surface area contributed by atoms with E-state index in [9.17, 15) is 9.90 Å². The third-order valence-electron chi connectivity index (χ3n) is 3.60. The molecule has 108 valence electrons. The van der Waals surface area contributed by atoms with Gasteiger partial charge in [-0.15, -0.1) is 0 Å². The summed E-state index contributed by atoms with van der Waals surface area (Å²) < 4.78 is 0. The van der Waals surface area contributed by atoms with Crippen molar-refractivity contribution in [1.29, 1.82) is 0 Å². The Morgan fingerprint density at radius 3 is 2.85 bits per heavy atom. The zero-order valence-corrected chi connectivity index (χ0v) is 12.5. The van der Waals surface area contributed by atoms with Gasteiger partial charge < -0.3 is 10.4 Å². The summed E-state index contributed by atoms with van der Waals surface area (Å²) in [6.45, 7) is 2.42. The molecule has 1 saturated carbocycles. The van der Waals surface area contributed by atoms with Crippen molar-refractivity contribution in [2.45, 2.75) is 30.6 Å². The van der Waals surface area contributed by atoms with Crippen LogP contribution in [-0.2, 0) is 4.79 Å². The van der Waals surface area contributed by atoms with Crippen molar-refractivity contribution in [2.75, 3.05) is 12.3 Å². The van der Waals surface area contributed by atoms with Gasteiger partial charge in [-0.1, -0.05) is 37.3 Å². The second-order valence-corrected chi connectivity index (χ2v) is 6.53. The van der Waals surface area contributed by atoms with Crippen molar-refractivity contribution in [3.63, 3.8) is 0 Å². The Hall–Kier alpha value is -1.26. The number of nitrogens with one attached hydrogen (secondary N) is 1. The van der Waals surface area contributed by atoms with E-state index >= 15 is 0 Å². The molecule has 2 rings (SSSR count). The highest BCUT2D eigenvalue weighted by Gasteiger charge is 2.45. The fourth-order valence-electron chi connectivity index (χ4n) is 2.27. The summed E-state index contributed by atoms with van der Waals surface area (Å²) in [5.41, 5.74) is 0.265. The van der Waals surface area contributed by atoms with Crippen LogP contribution in [0.25, 0.3) is 6.08 Å². The van der Waals surface area contributed by atoms with Crippen LogP contribution in [0.15, 0.2) is 36.4 Å². The second-order valence-electron chi connectivity index (χ2n) is 5.05. The standard InChI is InChI=1S/C16H21NO2S/c1-2-20-14-10-11-16(14,19)12-17-15(18)9-8-13-6-4-3-5-7-13/h3-9,14,19H,2,10-12H2,1H3,(H,17,18). The van der Waals surface area contributed by atoms with Crippen LogP contribution in [0, 0.1) is 0 Å². The number of amides is 1. The van der Waals surface area contributed by atoms with Crippen molar-refractivity contribution >= 4 is 23.7 Å². The summed E-state index contributed by atoms with van der Waals surface area (Å²) in [4.78, 5) is 11.8. The van der Waals surface area contributed by atoms with Gasteiger partial charge in [0.2, 0.25) is 5.91 Å². The first-order valence-corrected chi connectivity index (χ1v) is 8.04. The third-order valence-corrected chi connectivity index (χ3v) is 5.01. The Bertz CT molecular complexity index is 475. The molecule has 1 aliphatic carbocycles. The SMILES string of the molecule is CCSC1CCC1(O)CNC(=O)C=Cc1ccccc1. The van der Waals surface area contributed by atoms with E-state index in [4.69, 9.17) is 0 Å². The Labute approximate surface area is 124 Å². The molecule has 3 nitrogen and oxygen atoms in total. The van der Waals surface area contributed by atoms with Crippen molar-refractivity contribution < 1.29 is 9.90 Å². The first-order chi connectivity index (χ1) is 9.64. The summed E-state index contributed by atoms with van der Waals surface area (Å²) in [6, 6.07) is 9.69. The van der Waals surface area contributed by atoms with Crippen LogP contribution < -0.4 is 5.32 Å². The van der Waals surface area contributed by atoms with E-state index in [1.165, 1.54) is 6.08 Å². The minimum Gasteiger partial charge on any atom is -0.387 e. The molecule has 0 saturated heterocycles. The van der Waals surface area contributed by atoms with Crippen molar-refractivity contribution in [2.24, 2.45) is 0 Å². The lowest BCUT2D eigenvalue weighted by Crippen LogP contribution is -2.56. The molecule has 1 fully saturated rings. The number of carbonyl (C=O) groups is 1. The summed E-state index contributed by atoms with van der Waals surface area (Å²) >= 11 is 1.77. The van der Waals surface area contributed by atoms with Crippen LogP contribution in [0.5, 0.6) is 0 Å². The van der Waals surface area contributed by atoms with Gasteiger partial charge in [-0.3, -0.25) is 4.79 Å². The Kier molecular flexibility index (Phi) is 5.26. The van der Waals surface area contributed by atoms with Crippen LogP contribution in [-0.4, -0.2) is 34.2 Å². The van der Waals surface area contributed by atoms with E-state index in [1.807, 2.05) is 30.3 Å². The van der Waals surface area contributed by atoms with Crippen LogP contribution in [0.4, 0.5) is 0 Å². The topological polar surface area (TPSA) is 49.3 Å². The molecule has 2 N–H and O–H groups in total. The number of hydrogen-bond acceptors (Lipinski definition) is 3. The zero-order valence-electron chi connectivity index (χ0n) is 11.7. The highest BCUT2D eigenvalue weighted by molar-refractivity contribution is 8.00. The van der Waals surface area contributed by atoms with E-state index in [0.29, 0.717) is 6.54 Å². The normalized spacial score (nSPS) is 25.4. The Morgan fingerprint density at radius 2 is 2.25 bits per heavy atom. The molecule has 0 aromatic heterocycles. The Balaban J connectivity index is 1.79. The van der Waals surface area contributed by atoms with Crippen LogP contribution in [0.3, 0.4) is 0 Å². The maximum atomic E-state index is 11.8. The fraction of sp³-hybridized carbons (Fsp3) is 0.438. The molecule has 2 unspecified atom stereocenters. The molecule has 1 amide bonds. The highest BCUT2D eigenvalue weighted by atomic mass is 32.2. The first-order valence-electron chi connectivity index (χ1n) is 6.99. The fourth-order valence-corrected chi connectivity index (χ4v) is 3.47. The molecule has 1 aromatic rings. The monoisotopic (exact) mass is 291 g/mol. The second kappa shape index (κ2) is 6.95. The molecule has 0 bridgehead atoms. The maximum Gasteiger partial charge on any atom is 0.244 e. The average Bonchev–Trinajstić information content (AvgIpc) is 2.48. The minimum absolute atomic E-state index is 0.158. The van der Waals surface area contributed by atoms with Gasteiger partial charge in [0.15, 0.2) is 0 Å². The highest BCUT2D eigenvalue weighted by Crippen LogP contribution is 2.40. The number of benzene rings is 1. The molecule has 4 heteroatoms. The van der Waals surface area contributed by atoms with E-state index in [1.54, 1.807) is 17.8 Å². The molecule has 1 aromatic carbocycles. The van der Waals surface area contributed by atoms with Gasteiger partial charge >= 0.3 is 0 Å². The van der Waals surface area contributed by atoms with Crippen LogP contribution in [0.1, 0.15) is 25.3 Å². The molecule has 0 heterocycles. The summed E-state index contributed by atoms with van der Waals surface area (Å²) in [7, 11) is 0. The summed E-state index contributed by atoms with van der Waals surface area (Å²) in [5, 5.41) is 13.4. The molecular formula is C16H21NO2S.